The van der Waals surface area contributed by atoms with Crippen molar-refractivity contribution in [2.45, 2.75) is 44.8 Å². The Morgan fingerprint density at radius 2 is 1.65 bits per heavy atom. The number of piperazine rings is 1. The van der Waals surface area contributed by atoms with Crippen molar-refractivity contribution < 1.29 is 19.1 Å². The molecule has 1 fully saturated rings. The van der Waals surface area contributed by atoms with Crippen LogP contribution in [0.25, 0.3) is 0 Å². The van der Waals surface area contributed by atoms with Crippen LogP contribution in [-0.2, 0) is 12.1 Å². The van der Waals surface area contributed by atoms with E-state index >= 15 is 0 Å². The molecule has 1 unspecified atom stereocenters. The largest absolute Gasteiger partial charge is 0.496 e. The van der Waals surface area contributed by atoms with Gasteiger partial charge in [-0.15, -0.1) is 0 Å². The van der Waals surface area contributed by atoms with Gasteiger partial charge in [-0.3, -0.25) is 14.5 Å². The molecular formula is C31H39N5O4. The standard InChI is InChI=1S/C31H39N5O4/c1-30(2,3)33-27(37)23-10-13-26(40-4)24(20-23)21-35-16-18-36(19-17-35)28(38)22-8-11-25(12-9-22)31(34-29(32)39)14-6-5-7-15-31/h5-14,20H,15-19,21H2,1-4H3,(H,33,37)(H3,32,34,39). The molecule has 212 valence electrons. The van der Waals surface area contributed by atoms with E-state index in [0.29, 0.717) is 50.3 Å². The number of benzene rings is 2. The van der Waals surface area contributed by atoms with Crippen LogP contribution < -0.4 is 21.1 Å². The second kappa shape index (κ2) is 12.0. The van der Waals surface area contributed by atoms with E-state index in [2.05, 4.69) is 15.5 Å². The fraction of sp³-hybridized carbons (Fsp3) is 0.387. The van der Waals surface area contributed by atoms with Crippen molar-refractivity contribution in [3.8, 4) is 5.75 Å². The molecule has 9 heteroatoms. The topological polar surface area (TPSA) is 117 Å². The molecule has 4 amide bonds. The number of allylic oxidation sites excluding steroid dienone is 2. The molecule has 2 aromatic carbocycles. The molecule has 0 aromatic heterocycles. The van der Waals surface area contributed by atoms with E-state index in [0.717, 1.165) is 16.9 Å². The first-order chi connectivity index (χ1) is 19.0. The number of hydrogen-bond donors (Lipinski definition) is 3. The summed E-state index contributed by atoms with van der Waals surface area (Å²) in [6.07, 6.45) is 8.27. The van der Waals surface area contributed by atoms with Crippen molar-refractivity contribution in [1.29, 1.82) is 0 Å². The Balaban J connectivity index is 1.38. The van der Waals surface area contributed by atoms with Gasteiger partial charge in [0.05, 0.1) is 12.6 Å². The van der Waals surface area contributed by atoms with E-state index < -0.39 is 11.6 Å². The number of primary amides is 1. The molecule has 0 radical (unpaired) electrons. The normalized spacial score (nSPS) is 19.2. The summed E-state index contributed by atoms with van der Waals surface area (Å²) >= 11 is 0. The highest BCUT2D eigenvalue weighted by atomic mass is 16.5. The van der Waals surface area contributed by atoms with Gasteiger partial charge in [0.1, 0.15) is 5.75 Å². The van der Waals surface area contributed by atoms with Crippen LogP contribution in [0.3, 0.4) is 0 Å². The van der Waals surface area contributed by atoms with Gasteiger partial charge < -0.3 is 26.0 Å². The van der Waals surface area contributed by atoms with Gasteiger partial charge in [-0.2, -0.15) is 0 Å². The lowest BCUT2D eigenvalue weighted by Gasteiger charge is -2.35. The Hall–Kier alpha value is -4.11. The number of rotatable bonds is 7. The zero-order valence-corrected chi connectivity index (χ0v) is 23.7. The van der Waals surface area contributed by atoms with Crippen LogP contribution in [0.5, 0.6) is 5.75 Å². The average Bonchev–Trinajstić information content (AvgIpc) is 2.92. The lowest BCUT2D eigenvalue weighted by atomic mass is 9.83. The van der Waals surface area contributed by atoms with Gasteiger partial charge >= 0.3 is 6.03 Å². The lowest BCUT2D eigenvalue weighted by Crippen LogP contribution is -2.48. The number of ether oxygens (including phenoxy) is 1. The number of amides is 4. The van der Waals surface area contributed by atoms with Crippen LogP contribution in [0.1, 0.15) is 59.0 Å². The minimum atomic E-state index is -0.723. The van der Waals surface area contributed by atoms with Gasteiger partial charge in [0.15, 0.2) is 0 Å². The van der Waals surface area contributed by atoms with Crippen molar-refractivity contribution >= 4 is 17.8 Å². The van der Waals surface area contributed by atoms with Gasteiger partial charge in [0.2, 0.25) is 0 Å². The molecule has 0 spiro atoms. The van der Waals surface area contributed by atoms with Crippen LogP contribution >= 0.6 is 0 Å². The zero-order valence-electron chi connectivity index (χ0n) is 23.7. The number of carbonyl (C=O) groups is 3. The van der Waals surface area contributed by atoms with Gasteiger partial charge in [-0.1, -0.05) is 36.4 Å². The molecule has 40 heavy (non-hydrogen) atoms. The van der Waals surface area contributed by atoms with E-state index in [4.69, 9.17) is 10.5 Å². The summed E-state index contributed by atoms with van der Waals surface area (Å²) in [5.41, 5.74) is 7.38. The van der Waals surface area contributed by atoms with Crippen LogP contribution in [0, 0.1) is 0 Å². The first-order valence-corrected chi connectivity index (χ1v) is 13.5. The molecule has 4 rings (SSSR count). The molecule has 1 aliphatic carbocycles. The first-order valence-electron chi connectivity index (χ1n) is 13.5. The number of nitrogens with zero attached hydrogens (tertiary/aromatic N) is 2. The maximum Gasteiger partial charge on any atom is 0.313 e. The minimum absolute atomic E-state index is 0.0272. The van der Waals surface area contributed by atoms with Crippen molar-refractivity contribution in [1.82, 2.24) is 20.4 Å². The van der Waals surface area contributed by atoms with E-state index in [1.54, 1.807) is 25.3 Å². The third kappa shape index (κ3) is 6.90. The third-order valence-corrected chi connectivity index (χ3v) is 7.15. The molecule has 1 aliphatic heterocycles. The van der Waals surface area contributed by atoms with Crippen LogP contribution in [-0.4, -0.2) is 66.5 Å². The Kier molecular flexibility index (Phi) is 8.64. The third-order valence-electron chi connectivity index (χ3n) is 7.15. The molecular weight excluding hydrogens is 506 g/mol. The van der Waals surface area contributed by atoms with Crippen molar-refractivity contribution in [3.05, 3.63) is 89.0 Å². The van der Waals surface area contributed by atoms with Crippen molar-refractivity contribution in [2.75, 3.05) is 33.3 Å². The quantitative estimate of drug-likeness (QED) is 0.492. The van der Waals surface area contributed by atoms with Crippen LogP contribution in [0.15, 0.2) is 66.8 Å². The molecule has 0 saturated carbocycles. The monoisotopic (exact) mass is 545 g/mol. The molecule has 0 bridgehead atoms. The fourth-order valence-corrected chi connectivity index (χ4v) is 5.12. The lowest BCUT2D eigenvalue weighted by molar-refractivity contribution is 0.0627. The Labute approximate surface area is 236 Å². The average molecular weight is 546 g/mol. The molecule has 1 heterocycles. The van der Waals surface area contributed by atoms with Gasteiger partial charge in [0, 0.05) is 55.0 Å². The zero-order chi connectivity index (χ0) is 28.9. The van der Waals surface area contributed by atoms with E-state index in [1.165, 1.54) is 0 Å². The van der Waals surface area contributed by atoms with Crippen molar-refractivity contribution in [3.63, 3.8) is 0 Å². The fourth-order valence-electron chi connectivity index (χ4n) is 5.12. The molecule has 2 aromatic rings. The predicted octanol–water partition coefficient (Wildman–Crippen LogP) is 3.56. The SMILES string of the molecule is COc1ccc(C(=O)NC(C)(C)C)cc1CN1CCN(C(=O)c2ccc(C3(NC(N)=O)C=CC=CC3)cc2)CC1. The molecule has 1 saturated heterocycles. The van der Waals surface area contributed by atoms with Crippen molar-refractivity contribution in [2.24, 2.45) is 5.73 Å². The maximum absolute atomic E-state index is 13.3. The second-order valence-electron chi connectivity index (χ2n) is 11.3. The predicted molar refractivity (Wildman–Crippen MR) is 155 cm³/mol. The summed E-state index contributed by atoms with van der Waals surface area (Å²) in [6, 6.07) is 12.2. The van der Waals surface area contributed by atoms with E-state index in [1.807, 2.05) is 74.2 Å². The van der Waals surface area contributed by atoms with Crippen LogP contribution in [0.4, 0.5) is 4.79 Å². The van der Waals surface area contributed by atoms with Gasteiger partial charge in [-0.05, 0) is 63.1 Å². The van der Waals surface area contributed by atoms with Gasteiger partial charge in [0.25, 0.3) is 11.8 Å². The second-order valence-corrected chi connectivity index (χ2v) is 11.3. The highest BCUT2D eigenvalue weighted by Gasteiger charge is 2.31. The Morgan fingerprint density at radius 1 is 0.975 bits per heavy atom. The summed E-state index contributed by atoms with van der Waals surface area (Å²) in [5.74, 6) is 0.587. The molecule has 2 aliphatic rings. The number of nitrogens with two attached hydrogens (primary N) is 1. The number of hydrogen-bond acceptors (Lipinski definition) is 5. The van der Waals surface area contributed by atoms with Crippen LogP contribution in [0.2, 0.25) is 0 Å². The van der Waals surface area contributed by atoms with Gasteiger partial charge in [-0.25, -0.2) is 4.79 Å². The summed E-state index contributed by atoms with van der Waals surface area (Å²) in [7, 11) is 1.63. The number of urea groups is 1. The van der Waals surface area contributed by atoms with E-state index in [9.17, 15) is 14.4 Å². The number of methoxy groups -OCH3 is 1. The minimum Gasteiger partial charge on any atom is -0.496 e. The summed E-state index contributed by atoms with van der Waals surface area (Å²) in [4.78, 5) is 41.8. The maximum atomic E-state index is 13.3. The number of nitrogens with one attached hydrogen (secondary N) is 2. The Bertz CT molecular complexity index is 1300. The molecule has 1 atom stereocenters. The first kappa shape index (κ1) is 28.9. The summed E-state index contributed by atoms with van der Waals surface area (Å²) in [6.45, 7) is 9.06. The highest BCUT2D eigenvalue weighted by Crippen LogP contribution is 2.30. The number of carbonyl (C=O) groups excluding carboxylic acids is 3. The Morgan fingerprint density at radius 3 is 2.23 bits per heavy atom. The smallest absolute Gasteiger partial charge is 0.313 e. The summed E-state index contributed by atoms with van der Waals surface area (Å²) in [5, 5.41) is 5.85. The van der Waals surface area contributed by atoms with E-state index in [-0.39, 0.29) is 17.4 Å². The highest BCUT2D eigenvalue weighted by molar-refractivity contribution is 5.95. The molecule has 4 N–H and O–H groups in total. The molecule has 9 nitrogen and oxygen atoms in total. The summed E-state index contributed by atoms with van der Waals surface area (Å²) < 4.78 is 5.56.